The van der Waals surface area contributed by atoms with E-state index in [-0.39, 0.29) is 11.7 Å². The number of para-hydroxylation sites is 1. The maximum Gasteiger partial charge on any atom is 0.256 e. The van der Waals surface area contributed by atoms with Crippen LogP contribution in [0, 0.1) is 0 Å². The Bertz CT molecular complexity index is 805. The molecular formula is C17H13ClN2O2S. The molecule has 0 aliphatic rings. The molecule has 1 heterocycles. The van der Waals surface area contributed by atoms with Crippen molar-refractivity contribution in [1.82, 2.24) is 4.98 Å². The van der Waals surface area contributed by atoms with Crippen LogP contribution in [0.15, 0.2) is 70.4 Å². The summed E-state index contributed by atoms with van der Waals surface area (Å²) in [6.45, 7) is 0. The first-order valence-electron chi connectivity index (χ1n) is 6.90. The zero-order valence-corrected chi connectivity index (χ0v) is 13.6. The van der Waals surface area contributed by atoms with Crippen LogP contribution in [-0.4, -0.2) is 16.6 Å². The molecule has 2 aromatic carbocycles. The number of rotatable bonds is 5. The molecule has 0 unspecified atom stereocenters. The number of oxazole rings is 1. The third kappa shape index (κ3) is 4.37. The van der Waals surface area contributed by atoms with E-state index in [2.05, 4.69) is 10.3 Å². The van der Waals surface area contributed by atoms with E-state index in [1.165, 1.54) is 11.8 Å². The molecule has 0 saturated heterocycles. The summed E-state index contributed by atoms with van der Waals surface area (Å²) >= 11 is 7.21. The SMILES string of the molecule is O=C(CSc1ncc(-c2cccc(Cl)c2)o1)Nc1ccccc1. The smallest absolute Gasteiger partial charge is 0.256 e. The van der Waals surface area contributed by atoms with Crippen molar-refractivity contribution in [3.63, 3.8) is 0 Å². The molecule has 1 N–H and O–H groups in total. The molecular weight excluding hydrogens is 332 g/mol. The van der Waals surface area contributed by atoms with E-state index in [0.29, 0.717) is 16.0 Å². The van der Waals surface area contributed by atoms with Gasteiger partial charge in [-0.15, -0.1) is 0 Å². The normalized spacial score (nSPS) is 10.5. The van der Waals surface area contributed by atoms with Crippen molar-refractivity contribution >= 4 is 35.0 Å². The molecule has 0 saturated carbocycles. The third-order valence-electron chi connectivity index (χ3n) is 2.98. The van der Waals surface area contributed by atoms with Crippen LogP contribution < -0.4 is 5.32 Å². The maximum atomic E-state index is 11.9. The van der Waals surface area contributed by atoms with Gasteiger partial charge in [-0.2, -0.15) is 0 Å². The molecule has 0 fully saturated rings. The number of nitrogens with zero attached hydrogens (tertiary/aromatic N) is 1. The fourth-order valence-corrected chi connectivity index (χ4v) is 2.74. The highest BCUT2D eigenvalue weighted by atomic mass is 35.5. The lowest BCUT2D eigenvalue weighted by Gasteiger charge is -2.03. The molecule has 0 bridgehead atoms. The molecule has 1 aromatic heterocycles. The zero-order valence-electron chi connectivity index (χ0n) is 12.0. The second-order valence-electron chi connectivity index (χ2n) is 4.70. The van der Waals surface area contributed by atoms with E-state index in [1.54, 1.807) is 18.3 Å². The molecule has 0 aliphatic carbocycles. The van der Waals surface area contributed by atoms with E-state index in [0.717, 1.165) is 11.3 Å². The zero-order chi connectivity index (χ0) is 16.1. The molecule has 0 atom stereocenters. The quantitative estimate of drug-likeness (QED) is 0.680. The van der Waals surface area contributed by atoms with Crippen LogP contribution in [0.3, 0.4) is 0 Å². The van der Waals surface area contributed by atoms with Crippen LogP contribution in [0.5, 0.6) is 0 Å². The summed E-state index contributed by atoms with van der Waals surface area (Å²) in [4.78, 5) is 16.1. The first kappa shape index (κ1) is 15.6. The standard InChI is InChI=1S/C17H13ClN2O2S/c18-13-6-4-5-12(9-13)15-10-19-17(22-15)23-11-16(21)20-14-7-2-1-3-8-14/h1-10H,11H2,(H,20,21). The molecule has 6 heteroatoms. The molecule has 0 aliphatic heterocycles. The van der Waals surface area contributed by atoms with Crippen molar-refractivity contribution in [2.75, 3.05) is 11.1 Å². The first-order valence-corrected chi connectivity index (χ1v) is 8.26. The van der Waals surface area contributed by atoms with E-state index in [4.69, 9.17) is 16.0 Å². The predicted molar refractivity (Wildman–Crippen MR) is 92.7 cm³/mol. The lowest BCUT2D eigenvalue weighted by molar-refractivity contribution is -0.113. The van der Waals surface area contributed by atoms with Gasteiger partial charge in [0.1, 0.15) is 0 Å². The first-order chi connectivity index (χ1) is 11.2. The van der Waals surface area contributed by atoms with Crippen LogP contribution in [0.1, 0.15) is 0 Å². The third-order valence-corrected chi connectivity index (χ3v) is 4.06. The van der Waals surface area contributed by atoms with Gasteiger partial charge in [0.25, 0.3) is 5.22 Å². The summed E-state index contributed by atoms with van der Waals surface area (Å²) in [5.41, 5.74) is 1.62. The fraction of sp³-hybridized carbons (Fsp3) is 0.0588. The second kappa shape index (κ2) is 7.35. The summed E-state index contributed by atoms with van der Waals surface area (Å²) in [7, 11) is 0. The highest BCUT2D eigenvalue weighted by Crippen LogP contribution is 2.27. The Labute approximate surface area is 142 Å². The van der Waals surface area contributed by atoms with Gasteiger partial charge in [0, 0.05) is 16.3 Å². The predicted octanol–water partition coefficient (Wildman–Crippen LogP) is 4.73. The van der Waals surface area contributed by atoms with Gasteiger partial charge < -0.3 is 9.73 Å². The molecule has 4 nitrogen and oxygen atoms in total. The number of nitrogens with one attached hydrogen (secondary N) is 1. The molecule has 3 aromatic rings. The summed E-state index contributed by atoms with van der Waals surface area (Å²) in [5.74, 6) is 0.742. The number of hydrogen-bond acceptors (Lipinski definition) is 4. The average molecular weight is 345 g/mol. The maximum absolute atomic E-state index is 11.9. The summed E-state index contributed by atoms with van der Waals surface area (Å²) in [6.07, 6.45) is 1.63. The Kier molecular flexibility index (Phi) is 5.00. The number of carbonyl (C=O) groups excluding carboxylic acids is 1. The number of hydrogen-bond donors (Lipinski definition) is 1. The lowest BCUT2D eigenvalue weighted by atomic mass is 10.2. The van der Waals surface area contributed by atoms with E-state index < -0.39 is 0 Å². The highest BCUT2D eigenvalue weighted by Gasteiger charge is 2.10. The number of thioether (sulfide) groups is 1. The minimum atomic E-state index is -0.108. The Morgan fingerprint density at radius 2 is 2.00 bits per heavy atom. The summed E-state index contributed by atoms with van der Waals surface area (Å²) in [5, 5.41) is 3.89. The van der Waals surface area contributed by atoms with Gasteiger partial charge in [-0.3, -0.25) is 4.79 Å². The van der Waals surface area contributed by atoms with Gasteiger partial charge in [-0.1, -0.05) is 53.7 Å². The van der Waals surface area contributed by atoms with E-state index >= 15 is 0 Å². The summed E-state index contributed by atoms with van der Waals surface area (Å²) < 4.78 is 5.64. The van der Waals surface area contributed by atoms with E-state index in [1.807, 2.05) is 42.5 Å². The van der Waals surface area contributed by atoms with Crippen LogP contribution >= 0.6 is 23.4 Å². The van der Waals surface area contributed by atoms with Crippen LogP contribution in [-0.2, 0) is 4.79 Å². The Hall–Kier alpha value is -2.24. The van der Waals surface area contributed by atoms with E-state index in [9.17, 15) is 4.79 Å². The van der Waals surface area contributed by atoms with Gasteiger partial charge in [-0.25, -0.2) is 4.98 Å². The molecule has 3 rings (SSSR count). The van der Waals surface area contributed by atoms with Crippen molar-refractivity contribution < 1.29 is 9.21 Å². The Balaban J connectivity index is 1.58. The van der Waals surface area contributed by atoms with Crippen molar-refractivity contribution in [3.05, 3.63) is 65.8 Å². The number of aromatic nitrogens is 1. The Morgan fingerprint density at radius 1 is 1.17 bits per heavy atom. The highest BCUT2D eigenvalue weighted by molar-refractivity contribution is 7.99. The minimum Gasteiger partial charge on any atom is -0.431 e. The largest absolute Gasteiger partial charge is 0.431 e. The topological polar surface area (TPSA) is 55.1 Å². The van der Waals surface area contributed by atoms with Crippen molar-refractivity contribution in [1.29, 1.82) is 0 Å². The van der Waals surface area contributed by atoms with Crippen LogP contribution in [0.25, 0.3) is 11.3 Å². The monoisotopic (exact) mass is 344 g/mol. The van der Waals surface area contributed by atoms with Crippen molar-refractivity contribution in [3.8, 4) is 11.3 Å². The number of amides is 1. The molecule has 116 valence electrons. The molecule has 1 amide bonds. The minimum absolute atomic E-state index is 0.108. The fourth-order valence-electron chi connectivity index (χ4n) is 1.95. The molecule has 23 heavy (non-hydrogen) atoms. The second-order valence-corrected chi connectivity index (χ2v) is 6.07. The van der Waals surface area contributed by atoms with Gasteiger partial charge in [-0.05, 0) is 24.3 Å². The van der Waals surface area contributed by atoms with Gasteiger partial charge in [0.05, 0.1) is 11.9 Å². The van der Waals surface area contributed by atoms with Gasteiger partial charge >= 0.3 is 0 Å². The average Bonchev–Trinajstić information content (AvgIpc) is 3.03. The number of benzene rings is 2. The molecule has 0 spiro atoms. The number of carbonyl (C=O) groups is 1. The number of anilines is 1. The van der Waals surface area contributed by atoms with Crippen molar-refractivity contribution in [2.24, 2.45) is 0 Å². The summed E-state index contributed by atoms with van der Waals surface area (Å²) in [6, 6.07) is 16.7. The van der Waals surface area contributed by atoms with Crippen LogP contribution in [0.2, 0.25) is 5.02 Å². The molecule has 0 radical (unpaired) electrons. The van der Waals surface area contributed by atoms with Gasteiger partial charge in [0.2, 0.25) is 5.91 Å². The Morgan fingerprint density at radius 3 is 2.78 bits per heavy atom. The van der Waals surface area contributed by atoms with Gasteiger partial charge in [0.15, 0.2) is 5.76 Å². The van der Waals surface area contributed by atoms with Crippen molar-refractivity contribution in [2.45, 2.75) is 5.22 Å². The number of halogens is 1. The lowest BCUT2D eigenvalue weighted by Crippen LogP contribution is -2.13. The van der Waals surface area contributed by atoms with Crippen LogP contribution in [0.4, 0.5) is 5.69 Å².